The van der Waals surface area contributed by atoms with Gasteiger partial charge in [0.2, 0.25) is 0 Å². The topological polar surface area (TPSA) is 20.3 Å². The van der Waals surface area contributed by atoms with Crippen LogP contribution in [0.3, 0.4) is 0 Å². The van der Waals surface area contributed by atoms with Crippen LogP contribution in [0, 0.1) is 0 Å². The molecule has 1 aromatic rings. The molecule has 0 radical (unpaired) electrons. The Hall–Kier alpha value is -1.32. The first kappa shape index (κ1) is 19.7. The summed E-state index contributed by atoms with van der Waals surface area (Å²) in [5, 5.41) is 0.204. The van der Waals surface area contributed by atoms with Crippen LogP contribution in [0.4, 0.5) is 0 Å². The maximum Gasteiger partial charge on any atom is 0.194 e. The summed E-state index contributed by atoms with van der Waals surface area (Å²) in [6, 6.07) is 10.3. The number of nitrogens with zero attached hydrogens (tertiary/aromatic N) is 1. The number of thioether (sulfide) groups is 1. The van der Waals surface area contributed by atoms with Crippen LogP contribution in [0.5, 0.6) is 0 Å². The van der Waals surface area contributed by atoms with Crippen LogP contribution in [0.15, 0.2) is 54.0 Å². The molecular formula is C18H27NOS. The third-order valence-electron chi connectivity index (χ3n) is 2.62. The van der Waals surface area contributed by atoms with Crippen LogP contribution in [-0.2, 0) is 11.3 Å². The lowest BCUT2D eigenvalue weighted by Gasteiger charge is -2.15. The Morgan fingerprint density at radius 2 is 1.90 bits per heavy atom. The van der Waals surface area contributed by atoms with Crippen LogP contribution in [0.2, 0.25) is 0 Å². The van der Waals surface area contributed by atoms with Gasteiger partial charge in [0.25, 0.3) is 0 Å². The summed E-state index contributed by atoms with van der Waals surface area (Å²) in [6.45, 7) is 11.2. The molecule has 2 nitrogen and oxygen atoms in total. The number of allylic oxidation sites excluding steroid dienone is 3. The summed E-state index contributed by atoms with van der Waals surface area (Å²) >= 11 is 1.30. The van der Waals surface area contributed by atoms with Gasteiger partial charge >= 0.3 is 0 Å². The van der Waals surface area contributed by atoms with E-state index >= 15 is 0 Å². The number of benzene rings is 1. The molecule has 1 rings (SSSR count). The fourth-order valence-corrected chi connectivity index (χ4v) is 2.40. The molecule has 0 saturated carbocycles. The van der Waals surface area contributed by atoms with Crippen molar-refractivity contribution in [3.05, 3.63) is 59.5 Å². The molecule has 0 atom stereocenters. The first-order chi connectivity index (χ1) is 10.1. The second-order valence-electron chi connectivity index (χ2n) is 4.46. The number of rotatable bonds is 7. The van der Waals surface area contributed by atoms with Crippen molar-refractivity contribution in [1.29, 1.82) is 0 Å². The average Bonchev–Trinajstić information content (AvgIpc) is 2.48. The van der Waals surface area contributed by atoms with Crippen molar-refractivity contribution in [3.63, 3.8) is 0 Å². The smallest absolute Gasteiger partial charge is 0.194 e. The van der Waals surface area contributed by atoms with Crippen molar-refractivity contribution in [2.45, 2.75) is 33.7 Å². The quantitative estimate of drug-likeness (QED) is 0.669. The molecule has 3 heteroatoms. The molecule has 21 heavy (non-hydrogen) atoms. The maximum atomic E-state index is 11.7. The highest BCUT2D eigenvalue weighted by atomic mass is 32.2. The number of carbonyl (C=O) groups excluding carboxylic acids is 1. The third kappa shape index (κ3) is 10.1. The molecule has 0 unspecified atom stereocenters. The standard InChI is InChI=1S/C16H21NOS.C2H6/c1-4-8-14(2)19-16(18)11-12-17(3)13-15-9-6-5-7-10-15;1-2/h4-10H,1,11-13H2,2-3H3;1-2H3/b14-8-;. The SMILES string of the molecule is C=C/C=C(/C)SC(=O)CCN(C)Cc1ccccc1.CC. The fraction of sp³-hybridized carbons (Fsp3) is 0.389. The summed E-state index contributed by atoms with van der Waals surface area (Å²) < 4.78 is 0. The van der Waals surface area contributed by atoms with Crippen LogP contribution in [0.25, 0.3) is 0 Å². The van der Waals surface area contributed by atoms with Gasteiger partial charge < -0.3 is 4.90 Å². The Labute approximate surface area is 133 Å². The zero-order chi connectivity index (χ0) is 16.1. The van der Waals surface area contributed by atoms with Crippen molar-refractivity contribution in [2.75, 3.05) is 13.6 Å². The van der Waals surface area contributed by atoms with Crippen molar-refractivity contribution >= 4 is 16.9 Å². The fourth-order valence-electron chi connectivity index (χ4n) is 1.69. The Bertz CT molecular complexity index is 440. The van der Waals surface area contributed by atoms with Gasteiger partial charge in [-0.25, -0.2) is 0 Å². The summed E-state index contributed by atoms with van der Waals surface area (Å²) in [7, 11) is 2.04. The minimum atomic E-state index is 0.204. The van der Waals surface area contributed by atoms with Gasteiger partial charge in [0.05, 0.1) is 0 Å². The minimum absolute atomic E-state index is 0.204. The van der Waals surface area contributed by atoms with E-state index in [1.807, 2.05) is 52.1 Å². The second-order valence-corrected chi connectivity index (χ2v) is 5.76. The normalized spacial score (nSPS) is 10.8. The van der Waals surface area contributed by atoms with Gasteiger partial charge in [-0.1, -0.05) is 74.7 Å². The van der Waals surface area contributed by atoms with E-state index < -0.39 is 0 Å². The van der Waals surface area contributed by atoms with Crippen LogP contribution < -0.4 is 0 Å². The zero-order valence-corrected chi connectivity index (χ0v) is 14.5. The Kier molecular flexibility index (Phi) is 11.6. The summed E-state index contributed by atoms with van der Waals surface area (Å²) in [5.41, 5.74) is 1.27. The van der Waals surface area contributed by atoms with Crippen molar-refractivity contribution < 1.29 is 4.79 Å². The van der Waals surface area contributed by atoms with Crippen LogP contribution in [-0.4, -0.2) is 23.6 Å². The molecular weight excluding hydrogens is 278 g/mol. The molecule has 0 aromatic heterocycles. The highest BCUT2D eigenvalue weighted by Gasteiger charge is 2.06. The highest BCUT2D eigenvalue weighted by molar-refractivity contribution is 8.16. The van der Waals surface area contributed by atoms with E-state index in [1.54, 1.807) is 6.08 Å². The first-order valence-electron chi connectivity index (χ1n) is 7.34. The van der Waals surface area contributed by atoms with E-state index in [-0.39, 0.29) is 5.12 Å². The van der Waals surface area contributed by atoms with Crippen molar-refractivity contribution in [1.82, 2.24) is 4.90 Å². The molecule has 0 aliphatic carbocycles. The summed E-state index contributed by atoms with van der Waals surface area (Å²) in [4.78, 5) is 14.9. The Balaban J connectivity index is 0.00000191. The second kappa shape index (κ2) is 12.4. The van der Waals surface area contributed by atoms with E-state index in [9.17, 15) is 4.79 Å². The minimum Gasteiger partial charge on any atom is -0.302 e. The van der Waals surface area contributed by atoms with Gasteiger partial charge in [-0.15, -0.1) is 0 Å². The molecule has 0 spiro atoms. The summed E-state index contributed by atoms with van der Waals surface area (Å²) in [6.07, 6.45) is 4.13. The van der Waals surface area contributed by atoms with E-state index in [0.717, 1.165) is 18.0 Å². The Morgan fingerprint density at radius 3 is 2.48 bits per heavy atom. The van der Waals surface area contributed by atoms with E-state index in [0.29, 0.717) is 6.42 Å². The molecule has 0 fully saturated rings. The van der Waals surface area contributed by atoms with Gasteiger partial charge in [-0.2, -0.15) is 0 Å². The first-order valence-corrected chi connectivity index (χ1v) is 8.16. The lowest BCUT2D eigenvalue weighted by molar-refractivity contribution is -0.111. The molecule has 1 aromatic carbocycles. The van der Waals surface area contributed by atoms with Gasteiger partial charge in [-0.05, 0) is 24.4 Å². The highest BCUT2D eigenvalue weighted by Crippen LogP contribution is 2.17. The number of hydrogen-bond donors (Lipinski definition) is 0. The van der Waals surface area contributed by atoms with E-state index in [1.165, 1.54) is 17.3 Å². The molecule has 0 aliphatic heterocycles. The Morgan fingerprint density at radius 1 is 1.29 bits per heavy atom. The van der Waals surface area contributed by atoms with Crippen molar-refractivity contribution in [3.8, 4) is 0 Å². The largest absolute Gasteiger partial charge is 0.302 e. The zero-order valence-electron chi connectivity index (χ0n) is 13.6. The molecule has 0 aliphatic rings. The monoisotopic (exact) mass is 305 g/mol. The molecule has 0 heterocycles. The van der Waals surface area contributed by atoms with E-state index in [2.05, 4.69) is 23.6 Å². The third-order valence-corrected chi connectivity index (χ3v) is 3.51. The van der Waals surface area contributed by atoms with Crippen molar-refractivity contribution in [2.24, 2.45) is 0 Å². The predicted octanol–water partition coefficient (Wildman–Crippen LogP) is 4.88. The maximum absolute atomic E-state index is 11.7. The summed E-state index contributed by atoms with van der Waals surface area (Å²) in [5.74, 6) is 0. The molecule has 116 valence electrons. The molecule has 0 bridgehead atoms. The van der Waals surface area contributed by atoms with Crippen LogP contribution in [0.1, 0.15) is 32.8 Å². The number of hydrogen-bond acceptors (Lipinski definition) is 3. The van der Waals surface area contributed by atoms with Gasteiger partial charge in [0.1, 0.15) is 0 Å². The van der Waals surface area contributed by atoms with Crippen LogP contribution >= 0.6 is 11.8 Å². The van der Waals surface area contributed by atoms with Gasteiger partial charge in [-0.3, -0.25) is 4.79 Å². The van der Waals surface area contributed by atoms with E-state index in [4.69, 9.17) is 0 Å². The lowest BCUT2D eigenvalue weighted by atomic mass is 10.2. The predicted molar refractivity (Wildman–Crippen MR) is 95.3 cm³/mol. The lowest BCUT2D eigenvalue weighted by Crippen LogP contribution is -2.20. The number of carbonyl (C=O) groups is 1. The molecule has 0 saturated heterocycles. The molecule has 0 amide bonds. The molecule has 0 N–H and O–H groups in total. The average molecular weight is 305 g/mol. The van der Waals surface area contributed by atoms with Gasteiger partial charge in [0.15, 0.2) is 5.12 Å². The van der Waals surface area contributed by atoms with Gasteiger partial charge in [0, 0.05) is 19.5 Å².